The molecule has 2 aromatic heterocycles. The van der Waals surface area contributed by atoms with Gasteiger partial charge in [0.05, 0.1) is 0 Å². The normalized spacial score (nSPS) is 10.0. The van der Waals surface area contributed by atoms with Crippen molar-refractivity contribution < 1.29 is 30.2 Å². The van der Waals surface area contributed by atoms with E-state index in [0.29, 0.717) is 10.5 Å². The fourth-order valence-electron chi connectivity index (χ4n) is 2.05. The Hall–Kier alpha value is -0.531. The molecule has 0 unspecified atom stereocenters. The second-order valence-electron chi connectivity index (χ2n) is 6.12. The predicted molar refractivity (Wildman–Crippen MR) is 130 cm³/mol. The van der Waals surface area contributed by atoms with E-state index in [1.165, 1.54) is 49.0 Å². The minimum absolute atomic E-state index is 0.0445. The van der Waals surface area contributed by atoms with Crippen molar-refractivity contribution in [2.75, 3.05) is 13.2 Å². The van der Waals surface area contributed by atoms with Crippen molar-refractivity contribution in [1.29, 1.82) is 0 Å². The zero-order chi connectivity index (χ0) is 23.5. The van der Waals surface area contributed by atoms with Gasteiger partial charge in [0, 0.05) is 5.57 Å². The number of carbonyl (C=O) groups is 2. The van der Waals surface area contributed by atoms with Gasteiger partial charge >= 0.3 is 53.4 Å². The summed E-state index contributed by atoms with van der Waals surface area (Å²) in [6, 6.07) is 5.67. The number of ether oxygens (including phenoxy) is 2. The molecule has 177 valence electrons. The van der Waals surface area contributed by atoms with Crippen LogP contribution in [0.25, 0.3) is 0 Å². The third kappa shape index (κ3) is 18.7. The third-order valence-electron chi connectivity index (χ3n) is 3.52. The van der Waals surface area contributed by atoms with Gasteiger partial charge in [-0.3, -0.25) is 0 Å². The number of hydrogen-bond acceptors (Lipinski definition) is 6. The molecule has 0 saturated carbocycles. The molecular weight excluding hydrogens is 543 g/mol. The van der Waals surface area contributed by atoms with Crippen molar-refractivity contribution in [3.05, 3.63) is 56.9 Å². The van der Waals surface area contributed by atoms with Crippen molar-refractivity contribution in [1.82, 2.24) is 0 Å². The van der Waals surface area contributed by atoms with Gasteiger partial charge in [0.1, 0.15) is 18.1 Å². The molecule has 31 heavy (non-hydrogen) atoms. The first-order valence-electron chi connectivity index (χ1n) is 9.49. The van der Waals surface area contributed by atoms with E-state index in [9.17, 15) is 9.59 Å². The van der Waals surface area contributed by atoms with Gasteiger partial charge in [-0.15, -0.1) is 11.3 Å². The fourth-order valence-corrected chi connectivity index (χ4v) is 3.37. The number of aryl methyl sites for hydroxylation is 1. The molecule has 10 heteroatoms. The van der Waals surface area contributed by atoms with Gasteiger partial charge in [-0.25, -0.2) is 9.59 Å². The zero-order valence-electron chi connectivity index (χ0n) is 17.6. The first-order valence-corrected chi connectivity index (χ1v) is 15.9. The summed E-state index contributed by atoms with van der Waals surface area (Å²) in [5.74, 6) is -0.881. The van der Waals surface area contributed by atoms with Gasteiger partial charge in [0.2, 0.25) is 0 Å². The van der Waals surface area contributed by atoms with E-state index in [4.69, 9.17) is 39.8 Å². The molecule has 0 fully saturated rings. The summed E-state index contributed by atoms with van der Waals surface area (Å²) in [7, 11) is 14.7. The van der Waals surface area contributed by atoms with E-state index in [0.717, 1.165) is 0 Å². The summed E-state index contributed by atoms with van der Waals surface area (Å²) in [5.41, 5.74) is 1.84. The average molecular weight is 571 g/mol. The SMILES string of the molecule is C=C(C)C(=O)OCCOC(=O)c1cccs1.CCCCCCc1ccsc1.[Cl][Fe]([Cl])[Cl]. The Morgan fingerprint density at radius 3 is 2.26 bits per heavy atom. The van der Waals surface area contributed by atoms with Crippen LogP contribution in [-0.2, 0) is 31.9 Å². The number of halogens is 3. The predicted octanol–water partition coefficient (Wildman–Crippen LogP) is 7.96. The van der Waals surface area contributed by atoms with Gasteiger partial charge < -0.3 is 9.47 Å². The molecule has 0 aliphatic carbocycles. The zero-order valence-corrected chi connectivity index (χ0v) is 22.6. The quantitative estimate of drug-likeness (QED) is 0.126. The Kier molecular flexibility index (Phi) is 19.8. The molecular formula is C21H28Cl3FeO4S2. The van der Waals surface area contributed by atoms with E-state index in [2.05, 4.69) is 30.3 Å². The van der Waals surface area contributed by atoms with Crippen molar-refractivity contribution in [3.63, 3.8) is 0 Å². The topological polar surface area (TPSA) is 52.6 Å². The molecule has 0 saturated heterocycles. The van der Waals surface area contributed by atoms with Crippen LogP contribution in [0.15, 0.2) is 46.5 Å². The number of rotatable bonds is 10. The average Bonchev–Trinajstić information content (AvgIpc) is 3.42. The summed E-state index contributed by atoms with van der Waals surface area (Å²) in [6.45, 7) is 7.33. The van der Waals surface area contributed by atoms with Crippen LogP contribution in [0, 0.1) is 0 Å². The number of unbranched alkanes of at least 4 members (excludes halogenated alkanes) is 3. The second kappa shape index (κ2) is 20.1. The van der Waals surface area contributed by atoms with Crippen LogP contribution >= 0.6 is 53.0 Å². The molecule has 0 aliphatic heterocycles. The molecule has 0 bridgehead atoms. The van der Waals surface area contributed by atoms with Gasteiger partial charge in [0.15, 0.2) is 0 Å². The van der Waals surface area contributed by atoms with Crippen molar-refractivity contribution >= 4 is 64.9 Å². The number of thiophene rings is 2. The molecule has 0 aromatic carbocycles. The standard InChI is InChI=1S/C11H12O4S.C10H16S.3ClH.Fe/c1-8(2)10(12)14-5-6-15-11(13)9-4-3-7-16-9;1-2-3-4-5-6-10-7-8-11-9-10;;;;/h3-4,7H,1,5-6H2,2H3;7-9H,2-6H2,1H3;3*1H;/q;;;;;+3/p-3. The maximum atomic E-state index is 11.3. The summed E-state index contributed by atoms with van der Waals surface area (Å²) >= 11 is 1.77. The molecule has 0 spiro atoms. The van der Waals surface area contributed by atoms with Crippen LogP contribution < -0.4 is 0 Å². The monoisotopic (exact) mass is 569 g/mol. The van der Waals surface area contributed by atoms with Crippen LogP contribution in [0.3, 0.4) is 0 Å². The van der Waals surface area contributed by atoms with Gasteiger partial charge in [-0.05, 0) is 53.6 Å². The molecule has 4 nitrogen and oxygen atoms in total. The van der Waals surface area contributed by atoms with E-state index < -0.39 is 23.1 Å². The summed E-state index contributed by atoms with van der Waals surface area (Å²) in [6.07, 6.45) is 6.77. The van der Waals surface area contributed by atoms with Crippen molar-refractivity contribution in [2.24, 2.45) is 0 Å². The molecule has 0 aliphatic rings. The molecule has 2 heterocycles. The van der Waals surface area contributed by atoms with Crippen LogP contribution in [-0.4, -0.2) is 25.2 Å². The fraction of sp³-hybridized carbons (Fsp3) is 0.429. The Morgan fingerprint density at radius 2 is 1.74 bits per heavy atom. The Balaban J connectivity index is 0.000000518. The van der Waals surface area contributed by atoms with Crippen molar-refractivity contribution in [2.45, 2.75) is 46.0 Å². The number of carbonyl (C=O) groups excluding carboxylic acids is 2. The van der Waals surface area contributed by atoms with Gasteiger partial charge in [-0.1, -0.05) is 38.8 Å². The summed E-state index contributed by atoms with van der Waals surface area (Å²) in [4.78, 5) is 22.8. The molecule has 2 rings (SSSR count). The third-order valence-corrected chi connectivity index (χ3v) is 5.10. The first-order chi connectivity index (χ1) is 14.8. The van der Waals surface area contributed by atoms with E-state index in [1.54, 1.807) is 35.8 Å². The van der Waals surface area contributed by atoms with Crippen LogP contribution in [0.5, 0.6) is 0 Å². The molecule has 0 atom stereocenters. The summed E-state index contributed by atoms with van der Waals surface area (Å²) in [5, 5.41) is 6.21. The second-order valence-corrected chi connectivity index (χ2v) is 13.3. The van der Waals surface area contributed by atoms with Gasteiger partial charge in [0.25, 0.3) is 0 Å². The molecule has 0 amide bonds. The van der Waals surface area contributed by atoms with Crippen molar-refractivity contribution in [3.8, 4) is 0 Å². The van der Waals surface area contributed by atoms with E-state index in [1.807, 2.05) is 0 Å². The summed E-state index contributed by atoms with van der Waals surface area (Å²) < 4.78 is 9.64. The molecule has 0 N–H and O–H groups in total. The Bertz CT molecular complexity index is 720. The number of hydrogen-bond donors (Lipinski definition) is 0. The molecule has 2 aromatic rings. The van der Waals surface area contributed by atoms with Crippen LogP contribution in [0.4, 0.5) is 0 Å². The molecule has 0 radical (unpaired) electrons. The Labute approximate surface area is 210 Å². The number of esters is 2. The van der Waals surface area contributed by atoms with E-state index >= 15 is 0 Å². The Morgan fingerprint density at radius 1 is 1.06 bits per heavy atom. The first kappa shape index (κ1) is 30.5. The van der Waals surface area contributed by atoms with Crippen LogP contribution in [0.2, 0.25) is 0 Å². The van der Waals surface area contributed by atoms with Gasteiger partial charge in [-0.2, -0.15) is 11.3 Å². The van der Waals surface area contributed by atoms with Crippen LogP contribution in [0.1, 0.15) is 54.8 Å². The van der Waals surface area contributed by atoms with E-state index in [-0.39, 0.29) is 13.2 Å². The minimum atomic E-state index is -1.33. The maximum absolute atomic E-state index is 11.3.